The zero-order valence-corrected chi connectivity index (χ0v) is 11.6. The van der Waals surface area contributed by atoms with E-state index in [0.717, 1.165) is 5.69 Å². The molecule has 3 nitrogen and oxygen atoms in total. The Morgan fingerprint density at radius 1 is 1.41 bits per heavy atom. The van der Waals surface area contributed by atoms with E-state index < -0.39 is 5.60 Å². The van der Waals surface area contributed by atoms with Crippen LogP contribution < -0.4 is 5.32 Å². The third-order valence-corrected chi connectivity index (χ3v) is 3.69. The summed E-state index contributed by atoms with van der Waals surface area (Å²) in [4.78, 5) is 11.7. The monoisotopic (exact) mass is 253 g/mol. The van der Waals surface area contributed by atoms with E-state index in [1.54, 1.807) is 11.3 Å². The summed E-state index contributed by atoms with van der Waals surface area (Å²) in [6.07, 6.45) is 2.03. The highest BCUT2D eigenvalue weighted by molar-refractivity contribution is 7.08. The Labute approximate surface area is 106 Å². The molecule has 0 unspecified atom stereocenters. The maximum absolute atomic E-state index is 11.7. The highest BCUT2D eigenvalue weighted by atomic mass is 32.1. The Balaban J connectivity index is 2.04. The Bertz CT molecular complexity index is 427. The fourth-order valence-corrected chi connectivity index (χ4v) is 2.67. The molecule has 0 aromatic carbocycles. The van der Waals surface area contributed by atoms with Gasteiger partial charge in [0.05, 0.1) is 5.69 Å². The molecule has 1 amide bonds. The predicted octanol–water partition coefficient (Wildman–Crippen LogP) is 4.15. The topological polar surface area (TPSA) is 38.3 Å². The van der Waals surface area contributed by atoms with Crippen molar-refractivity contribution in [2.24, 2.45) is 0 Å². The van der Waals surface area contributed by atoms with Crippen LogP contribution in [0.1, 0.15) is 46.1 Å². The van der Waals surface area contributed by atoms with Crippen molar-refractivity contribution in [3.63, 3.8) is 0 Å². The molecule has 17 heavy (non-hydrogen) atoms. The molecule has 1 saturated carbocycles. The number of nitrogens with one attached hydrogen (secondary N) is 1. The van der Waals surface area contributed by atoms with Gasteiger partial charge in [-0.3, -0.25) is 5.32 Å². The van der Waals surface area contributed by atoms with Crippen LogP contribution in [-0.4, -0.2) is 11.7 Å². The number of rotatable bonds is 2. The molecule has 0 saturated heterocycles. The average molecular weight is 253 g/mol. The number of hydrogen-bond donors (Lipinski definition) is 1. The second-order valence-corrected chi connectivity index (χ2v) is 6.63. The number of amides is 1. The first-order chi connectivity index (χ1) is 7.80. The molecule has 0 aliphatic heterocycles. The minimum absolute atomic E-state index is 0.268. The van der Waals surface area contributed by atoms with Gasteiger partial charge in [-0.1, -0.05) is 6.92 Å². The lowest BCUT2D eigenvalue weighted by Gasteiger charge is -2.20. The molecule has 1 N–H and O–H groups in total. The van der Waals surface area contributed by atoms with Crippen molar-refractivity contribution in [2.45, 2.75) is 51.6 Å². The van der Waals surface area contributed by atoms with Gasteiger partial charge in [0.25, 0.3) is 0 Å². The lowest BCUT2D eigenvalue weighted by molar-refractivity contribution is 0.0636. The van der Waals surface area contributed by atoms with E-state index >= 15 is 0 Å². The molecule has 0 bridgehead atoms. The molecule has 1 aromatic rings. The van der Waals surface area contributed by atoms with Crippen LogP contribution in [0.5, 0.6) is 0 Å². The number of carbonyl (C=O) groups excluding carboxylic acids is 1. The predicted molar refractivity (Wildman–Crippen MR) is 70.8 cm³/mol. The molecule has 1 aromatic heterocycles. The zero-order valence-electron chi connectivity index (χ0n) is 10.8. The van der Waals surface area contributed by atoms with Gasteiger partial charge >= 0.3 is 6.09 Å². The van der Waals surface area contributed by atoms with Crippen molar-refractivity contribution < 1.29 is 9.53 Å². The number of thiophene rings is 1. The van der Waals surface area contributed by atoms with Crippen LogP contribution >= 0.6 is 11.3 Å². The molecular weight excluding hydrogens is 234 g/mol. The summed E-state index contributed by atoms with van der Waals surface area (Å²) in [5.41, 5.74) is 1.96. The highest BCUT2D eigenvalue weighted by Crippen LogP contribution is 2.51. The third kappa shape index (κ3) is 3.00. The molecule has 2 rings (SSSR count). The van der Waals surface area contributed by atoms with Gasteiger partial charge in [0.1, 0.15) is 5.60 Å². The minimum atomic E-state index is -0.455. The second-order valence-electron chi connectivity index (χ2n) is 5.89. The Kier molecular flexibility index (Phi) is 2.94. The van der Waals surface area contributed by atoms with Crippen molar-refractivity contribution in [1.82, 2.24) is 0 Å². The number of hydrogen-bond acceptors (Lipinski definition) is 3. The number of ether oxygens (including phenoxy) is 1. The lowest BCUT2D eigenvalue weighted by Crippen LogP contribution is -2.27. The number of carbonyl (C=O) groups is 1. The van der Waals surface area contributed by atoms with Gasteiger partial charge in [0.15, 0.2) is 0 Å². The molecular formula is C13H19NO2S. The largest absolute Gasteiger partial charge is 0.444 e. The van der Waals surface area contributed by atoms with Crippen molar-refractivity contribution >= 4 is 23.1 Å². The smallest absolute Gasteiger partial charge is 0.412 e. The lowest BCUT2D eigenvalue weighted by atomic mass is 10.0. The summed E-state index contributed by atoms with van der Waals surface area (Å²) in [5, 5.41) is 6.94. The molecule has 0 atom stereocenters. The zero-order chi connectivity index (χ0) is 12.7. The maximum Gasteiger partial charge on any atom is 0.412 e. The van der Waals surface area contributed by atoms with Gasteiger partial charge in [0, 0.05) is 5.38 Å². The van der Waals surface area contributed by atoms with E-state index in [4.69, 9.17) is 4.74 Å². The van der Waals surface area contributed by atoms with Crippen molar-refractivity contribution in [3.05, 3.63) is 16.3 Å². The van der Waals surface area contributed by atoms with Crippen LogP contribution in [0.2, 0.25) is 0 Å². The van der Waals surface area contributed by atoms with E-state index in [9.17, 15) is 4.79 Å². The van der Waals surface area contributed by atoms with E-state index in [1.807, 2.05) is 26.2 Å². The van der Waals surface area contributed by atoms with Crippen molar-refractivity contribution in [1.29, 1.82) is 0 Å². The van der Waals surface area contributed by atoms with Crippen LogP contribution in [0.25, 0.3) is 0 Å². The Morgan fingerprint density at radius 3 is 2.59 bits per heavy atom. The average Bonchev–Trinajstić information content (AvgIpc) is 2.73. The quantitative estimate of drug-likeness (QED) is 0.860. The molecule has 4 heteroatoms. The highest BCUT2D eigenvalue weighted by Gasteiger charge is 2.41. The van der Waals surface area contributed by atoms with Crippen molar-refractivity contribution in [3.8, 4) is 0 Å². The van der Waals surface area contributed by atoms with Gasteiger partial charge in [-0.15, -0.1) is 11.3 Å². The molecule has 1 fully saturated rings. The van der Waals surface area contributed by atoms with Crippen LogP contribution in [-0.2, 0) is 10.2 Å². The van der Waals surface area contributed by atoms with Crippen LogP contribution in [0.3, 0.4) is 0 Å². The first kappa shape index (κ1) is 12.4. The van der Waals surface area contributed by atoms with Gasteiger partial charge < -0.3 is 4.74 Å². The van der Waals surface area contributed by atoms with E-state index in [1.165, 1.54) is 18.4 Å². The second kappa shape index (κ2) is 4.02. The van der Waals surface area contributed by atoms with E-state index in [2.05, 4.69) is 17.6 Å². The van der Waals surface area contributed by atoms with Gasteiger partial charge in [-0.25, -0.2) is 4.79 Å². The minimum Gasteiger partial charge on any atom is -0.444 e. The van der Waals surface area contributed by atoms with Gasteiger partial charge in [-0.2, -0.15) is 0 Å². The first-order valence-electron chi connectivity index (χ1n) is 5.87. The van der Waals surface area contributed by atoms with Crippen molar-refractivity contribution in [2.75, 3.05) is 5.32 Å². The fraction of sp³-hybridized carbons (Fsp3) is 0.615. The summed E-state index contributed by atoms with van der Waals surface area (Å²) in [7, 11) is 0. The normalized spacial score (nSPS) is 17.6. The van der Waals surface area contributed by atoms with Crippen LogP contribution in [0.15, 0.2) is 10.8 Å². The van der Waals surface area contributed by atoms with E-state index in [0.29, 0.717) is 0 Å². The summed E-state index contributed by atoms with van der Waals surface area (Å²) in [6, 6.07) is 0. The first-order valence-corrected chi connectivity index (χ1v) is 6.81. The molecule has 1 aliphatic carbocycles. The van der Waals surface area contributed by atoms with Gasteiger partial charge in [-0.05, 0) is 50.0 Å². The summed E-state index contributed by atoms with van der Waals surface area (Å²) < 4.78 is 5.25. The Morgan fingerprint density at radius 2 is 2.06 bits per heavy atom. The summed E-state index contributed by atoms with van der Waals surface area (Å²) in [6.45, 7) is 7.82. The van der Waals surface area contributed by atoms with Gasteiger partial charge in [0.2, 0.25) is 0 Å². The fourth-order valence-electron chi connectivity index (χ4n) is 1.73. The molecule has 0 radical (unpaired) electrons. The maximum atomic E-state index is 11.7. The number of anilines is 1. The molecule has 94 valence electrons. The SMILES string of the molecule is CC(C)(C)OC(=O)Nc1cscc1C1(C)CC1. The van der Waals surface area contributed by atoms with E-state index in [-0.39, 0.29) is 11.5 Å². The molecule has 0 spiro atoms. The molecule has 1 aliphatic rings. The third-order valence-electron chi connectivity index (χ3n) is 2.95. The summed E-state index contributed by atoms with van der Waals surface area (Å²) >= 11 is 1.62. The molecule has 1 heterocycles. The summed E-state index contributed by atoms with van der Waals surface area (Å²) in [5.74, 6) is 0. The Hall–Kier alpha value is -1.03. The standard InChI is InChI=1S/C13H19NO2S/c1-12(2,3)16-11(15)14-10-8-17-7-9(10)13(4)5-6-13/h7-8H,5-6H2,1-4H3,(H,14,15). The van der Waals surface area contributed by atoms with Crippen LogP contribution in [0.4, 0.5) is 10.5 Å². The van der Waals surface area contributed by atoms with Crippen LogP contribution in [0, 0.1) is 0 Å².